The number of rotatable bonds is 8. The summed E-state index contributed by atoms with van der Waals surface area (Å²) in [4.78, 5) is 5.36. The first kappa shape index (κ1) is 21.2. The van der Waals surface area contributed by atoms with E-state index in [4.69, 9.17) is 0 Å². The third kappa shape index (κ3) is 6.48. The van der Waals surface area contributed by atoms with Crippen LogP contribution >= 0.6 is 0 Å². The highest BCUT2D eigenvalue weighted by Gasteiger charge is 2.23. The minimum absolute atomic E-state index is 0.620. The average molecular weight is 407 g/mol. The Labute approximate surface area is 182 Å². The van der Waals surface area contributed by atoms with Crippen molar-refractivity contribution in [2.45, 2.75) is 44.7 Å². The fraction of sp³-hybridized carbons (Fsp3) is 0.538. The largest absolute Gasteiger partial charge is 0.382 e. The zero-order valence-corrected chi connectivity index (χ0v) is 18.5. The van der Waals surface area contributed by atoms with E-state index in [-0.39, 0.29) is 0 Å². The molecule has 4 rings (SSSR count). The van der Waals surface area contributed by atoms with Crippen LogP contribution in [0.2, 0.25) is 0 Å². The van der Waals surface area contributed by atoms with Gasteiger partial charge < -0.3 is 20.4 Å². The first-order valence-electron chi connectivity index (χ1n) is 11.8. The molecule has 162 valence electrons. The fourth-order valence-corrected chi connectivity index (χ4v) is 5.00. The second-order valence-electron chi connectivity index (χ2n) is 9.28. The number of hydrogen-bond donors (Lipinski definition) is 2. The molecule has 2 aliphatic rings. The maximum Gasteiger partial charge on any atom is 0.0342 e. The molecule has 0 amide bonds. The van der Waals surface area contributed by atoms with Crippen molar-refractivity contribution in [3.8, 4) is 0 Å². The lowest BCUT2D eigenvalue weighted by Crippen LogP contribution is -2.45. The first-order valence-corrected chi connectivity index (χ1v) is 11.8. The summed E-state index contributed by atoms with van der Waals surface area (Å²) in [5.74, 6) is 0.738. The monoisotopic (exact) mass is 406 g/mol. The molecule has 0 atom stereocenters. The molecule has 2 aromatic carbocycles. The lowest BCUT2D eigenvalue weighted by atomic mass is 10.0. The predicted molar refractivity (Wildman–Crippen MR) is 128 cm³/mol. The molecule has 0 saturated carbocycles. The molecule has 0 spiro atoms. The van der Waals surface area contributed by atoms with Gasteiger partial charge in [-0.1, -0.05) is 43.3 Å². The number of anilines is 2. The summed E-state index contributed by atoms with van der Waals surface area (Å²) in [6.45, 7) is 9.79. The van der Waals surface area contributed by atoms with Crippen LogP contribution in [0.15, 0.2) is 60.7 Å². The molecule has 2 aliphatic heterocycles. The van der Waals surface area contributed by atoms with Gasteiger partial charge >= 0.3 is 0 Å². The van der Waals surface area contributed by atoms with Gasteiger partial charge in [0.05, 0.1) is 0 Å². The maximum absolute atomic E-state index is 3.70. The Hall–Kier alpha value is -2.04. The molecule has 0 aromatic heterocycles. The van der Waals surface area contributed by atoms with E-state index in [9.17, 15) is 0 Å². The molecule has 2 heterocycles. The van der Waals surface area contributed by atoms with Gasteiger partial charge in [-0.3, -0.25) is 0 Å². The molecule has 2 fully saturated rings. The van der Waals surface area contributed by atoms with Crippen LogP contribution < -0.4 is 10.6 Å². The fourth-order valence-electron chi connectivity index (χ4n) is 5.00. The van der Waals surface area contributed by atoms with Crippen molar-refractivity contribution in [2.24, 2.45) is 5.92 Å². The molecule has 0 bridgehead atoms. The molecule has 2 N–H and O–H groups in total. The Kier molecular flexibility index (Phi) is 7.65. The summed E-state index contributed by atoms with van der Waals surface area (Å²) >= 11 is 0. The highest BCUT2D eigenvalue weighted by Crippen LogP contribution is 2.20. The van der Waals surface area contributed by atoms with Crippen LogP contribution in [0.4, 0.5) is 11.4 Å². The molecule has 0 radical (unpaired) electrons. The predicted octanol–water partition coefficient (Wildman–Crippen LogP) is 4.78. The number of piperidine rings is 2. The van der Waals surface area contributed by atoms with Crippen LogP contribution in [0.3, 0.4) is 0 Å². The van der Waals surface area contributed by atoms with Crippen molar-refractivity contribution in [3.05, 3.63) is 60.7 Å². The lowest BCUT2D eigenvalue weighted by molar-refractivity contribution is 0.146. The number of nitrogens with zero attached hydrogens (tertiary/aromatic N) is 2. The summed E-state index contributed by atoms with van der Waals surface area (Å²) in [5, 5.41) is 7.40. The molecule has 0 aliphatic carbocycles. The zero-order valence-electron chi connectivity index (χ0n) is 18.5. The Morgan fingerprint density at radius 3 is 1.40 bits per heavy atom. The second kappa shape index (κ2) is 10.8. The number of benzene rings is 2. The summed E-state index contributed by atoms with van der Waals surface area (Å²) in [6.07, 6.45) is 4.99. The van der Waals surface area contributed by atoms with E-state index in [1.54, 1.807) is 0 Å². The number of hydrogen-bond acceptors (Lipinski definition) is 4. The van der Waals surface area contributed by atoms with E-state index >= 15 is 0 Å². The first-order chi connectivity index (χ1) is 14.7. The molecule has 4 heteroatoms. The highest BCUT2D eigenvalue weighted by atomic mass is 15.2. The van der Waals surface area contributed by atoms with Gasteiger partial charge in [-0.2, -0.15) is 0 Å². The quantitative estimate of drug-likeness (QED) is 0.661. The summed E-state index contributed by atoms with van der Waals surface area (Å²) in [6, 6.07) is 22.5. The molecule has 0 unspecified atom stereocenters. The lowest BCUT2D eigenvalue weighted by Gasteiger charge is -2.37. The van der Waals surface area contributed by atoms with Crippen molar-refractivity contribution in [1.82, 2.24) is 9.80 Å². The van der Waals surface area contributed by atoms with Gasteiger partial charge in [0.2, 0.25) is 0 Å². The van der Waals surface area contributed by atoms with E-state index in [1.807, 2.05) is 0 Å². The number of likely N-dealkylation sites (tertiary alicyclic amines) is 2. The SMILES string of the molecule is CC(CN1CCC(Nc2ccccc2)CC1)CN1CCC(Nc2ccccc2)CC1. The Balaban J connectivity index is 1.12. The van der Waals surface area contributed by atoms with Gasteiger partial charge in [0.1, 0.15) is 0 Å². The molecular formula is C26H38N4. The van der Waals surface area contributed by atoms with Crippen molar-refractivity contribution >= 4 is 11.4 Å². The van der Waals surface area contributed by atoms with Crippen molar-refractivity contribution < 1.29 is 0 Å². The van der Waals surface area contributed by atoms with Gasteiger partial charge in [0.15, 0.2) is 0 Å². The Bertz CT molecular complexity index is 656. The normalized spacial score (nSPS) is 19.8. The Morgan fingerprint density at radius 1 is 0.667 bits per heavy atom. The minimum atomic E-state index is 0.620. The average Bonchev–Trinajstić information content (AvgIpc) is 2.78. The Morgan fingerprint density at radius 2 is 1.03 bits per heavy atom. The molecule has 4 nitrogen and oxygen atoms in total. The third-order valence-corrected chi connectivity index (χ3v) is 6.60. The van der Waals surface area contributed by atoms with E-state index in [1.165, 1.54) is 76.3 Å². The number of para-hydroxylation sites is 2. The molecule has 2 aromatic rings. The van der Waals surface area contributed by atoms with Crippen molar-refractivity contribution in [2.75, 3.05) is 49.9 Å². The van der Waals surface area contributed by atoms with Gasteiger partial charge in [0, 0.05) is 62.7 Å². The van der Waals surface area contributed by atoms with Crippen LogP contribution in [-0.4, -0.2) is 61.2 Å². The van der Waals surface area contributed by atoms with Crippen LogP contribution in [0, 0.1) is 5.92 Å². The smallest absolute Gasteiger partial charge is 0.0342 e. The van der Waals surface area contributed by atoms with Crippen molar-refractivity contribution in [3.63, 3.8) is 0 Å². The van der Waals surface area contributed by atoms with E-state index in [2.05, 4.69) is 88.0 Å². The minimum Gasteiger partial charge on any atom is -0.382 e. The van der Waals surface area contributed by atoms with Crippen LogP contribution in [0.1, 0.15) is 32.6 Å². The molecule has 2 saturated heterocycles. The molecule has 30 heavy (non-hydrogen) atoms. The standard InChI is InChI=1S/C26H38N4/c1-22(20-29-16-12-25(13-17-29)27-23-8-4-2-5-9-23)21-30-18-14-26(15-19-30)28-24-10-6-3-7-11-24/h2-11,22,25-28H,12-21H2,1H3. The summed E-state index contributed by atoms with van der Waals surface area (Å²) in [7, 11) is 0. The van der Waals surface area contributed by atoms with Crippen LogP contribution in [0.5, 0.6) is 0 Å². The third-order valence-electron chi connectivity index (χ3n) is 6.60. The summed E-state index contributed by atoms with van der Waals surface area (Å²) in [5.41, 5.74) is 2.52. The van der Waals surface area contributed by atoms with Crippen LogP contribution in [-0.2, 0) is 0 Å². The van der Waals surface area contributed by atoms with E-state index in [0.29, 0.717) is 12.1 Å². The molecular weight excluding hydrogens is 368 g/mol. The van der Waals surface area contributed by atoms with Gasteiger partial charge in [-0.25, -0.2) is 0 Å². The highest BCUT2D eigenvalue weighted by molar-refractivity contribution is 5.44. The topological polar surface area (TPSA) is 30.5 Å². The maximum atomic E-state index is 3.70. The van der Waals surface area contributed by atoms with Gasteiger partial charge in [0.25, 0.3) is 0 Å². The van der Waals surface area contributed by atoms with E-state index < -0.39 is 0 Å². The second-order valence-corrected chi connectivity index (χ2v) is 9.28. The zero-order chi connectivity index (χ0) is 20.6. The number of nitrogens with one attached hydrogen (secondary N) is 2. The van der Waals surface area contributed by atoms with Crippen molar-refractivity contribution in [1.29, 1.82) is 0 Å². The summed E-state index contributed by atoms with van der Waals surface area (Å²) < 4.78 is 0. The van der Waals surface area contributed by atoms with Crippen LogP contribution in [0.25, 0.3) is 0 Å². The van der Waals surface area contributed by atoms with E-state index in [0.717, 1.165) is 5.92 Å². The van der Waals surface area contributed by atoms with Gasteiger partial charge in [-0.05, 0) is 55.9 Å². The van der Waals surface area contributed by atoms with Gasteiger partial charge in [-0.15, -0.1) is 0 Å².